The third kappa shape index (κ3) is 5.17. The van der Waals surface area contributed by atoms with Crippen LogP contribution in [0, 0.1) is 0 Å². The first-order valence-corrected chi connectivity index (χ1v) is 10.8. The molecular weight excluding hydrogens is 497 g/mol. The van der Waals surface area contributed by atoms with Crippen LogP contribution < -0.4 is 15.6 Å². The third-order valence-electron chi connectivity index (χ3n) is 5.43. The fraction of sp³-hybridized carbons (Fsp3) is 0.120. The second kappa shape index (κ2) is 9.45. The minimum absolute atomic E-state index is 0.0461. The quantitative estimate of drug-likeness (QED) is 0.299. The van der Waals surface area contributed by atoms with Gasteiger partial charge in [0, 0.05) is 35.1 Å². The Morgan fingerprint density at radius 3 is 2.51 bits per heavy atom. The van der Waals surface area contributed by atoms with Gasteiger partial charge in [0.05, 0.1) is 16.6 Å². The molecule has 0 aliphatic heterocycles. The number of hydrogen-bond donors (Lipinski definition) is 1. The number of aromatic nitrogens is 4. The van der Waals surface area contributed by atoms with Crippen LogP contribution in [-0.4, -0.2) is 38.9 Å². The predicted molar refractivity (Wildman–Crippen MR) is 127 cm³/mol. The number of anilines is 1. The van der Waals surface area contributed by atoms with E-state index in [4.69, 9.17) is 0 Å². The number of fused-ring (bicyclic) bond motifs is 2. The Hall–Kier alpha value is -4.61. The molecule has 0 bridgehead atoms. The van der Waals surface area contributed by atoms with Gasteiger partial charge in [0.1, 0.15) is 12.3 Å². The van der Waals surface area contributed by atoms with E-state index >= 15 is 0 Å². The van der Waals surface area contributed by atoms with Crippen molar-refractivity contribution in [3.63, 3.8) is 0 Å². The zero-order chi connectivity index (χ0) is 26.2. The first kappa shape index (κ1) is 24.1. The molecule has 2 aromatic carbocycles. The van der Waals surface area contributed by atoms with Crippen molar-refractivity contribution in [2.75, 3.05) is 11.9 Å². The van der Waals surface area contributed by atoms with E-state index in [0.29, 0.717) is 16.6 Å². The van der Waals surface area contributed by atoms with Gasteiger partial charge in [-0.05, 0) is 42.0 Å². The molecule has 3 heterocycles. The average Bonchev–Trinajstić information content (AvgIpc) is 2.87. The molecule has 0 aliphatic carbocycles. The highest BCUT2D eigenvalue weighted by atomic mass is 19.4. The zero-order valence-electron chi connectivity index (χ0n) is 18.7. The summed E-state index contributed by atoms with van der Waals surface area (Å²) >= 11 is 0. The largest absolute Gasteiger partial charge is 0.435 e. The highest BCUT2D eigenvalue weighted by Gasteiger charge is 2.27. The van der Waals surface area contributed by atoms with E-state index in [1.165, 1.54) is 41.2 Å². The maximum Gasteiger partial charge on any atom is 0.405 e. The van der Waals surface area contributed by atoms with E-state index in [2.05, 4.69) is 25.0 Å². The van der Waals surface area contributed by atoms with Crippen molar-refractivity contribution in [2.45, 2.75) is 12.8 Å². The standard InChI is InChI=1S/C25H16F5N5O2/c26-23(27)37-18-6-3-14(4-7-18)20-21-16(11-32-24(34-21)33-13-25(28,29)30)12-35(22(20)36)17-5-8-19-15(10-17)2-1-9-31-19/h1-12,23H,13H2,(H,33,34). The summed E-state index contributed by atoms with van der Waals surface area (Å²) < 4.78 is 69.0. The van der Waals surface area contributed by atoms with E-state index < -0.39 is 24.9 Å². The molecule has 0 amide bonds. The van der Waals surface area contributed by atoms with Crippen molar-refractivity contribution in [1.29, 1.82) is 0 Å². The van der Waals surface area contributed by atoms with Crippen molar-refractivity contribution in [2.24, 2.45) is 0 Å². The number of nitrogens with zero attached hydrogens (tertiary/aromatic N) is 4. The third-order valence-corrected chi connectivity index (χ3v) is 5.43. The van der Waals surface area contributed by atoms with E-state index in [1.54, 1.807) is 30.5 Å². The lowest BCUT2D eigenvalue weighted by molar-refractivity contribution is -0.115. The predicted octanol–water partition coefficient (Wildman–Crippen LogP) is 5.57. The number of benzene rings is 2. The minimum atomic E-state index is -4.50. The summed E-state index contributed by atoms with van der Waals surface area (Å²) in [5.41, 5.74) is 1.13. The van der Waals surface area contributed by atoms with Gasteiger partial charge in [-0.15, -0.1) is 0 Å². The molecule has 0 spiro atoms. The molecule has 188 valence electrons. The number of nitrogens with one attached hydrogen (secondary N) is 1. The Kier molecular flexibility index (Phi) is 6.15. The van der Waals surface area contributed by atoms with E-state index in [1.807, 2.05) is 6.07 Å². The van der Waals surface area contributed by atoms with Crippen LogP contribution in [-0.2, 0) is 0 Å². The molecule has 0 radical (unpaired) electrons. The first-order valence-electron chi connectivity index (χ1n) is 10.8. The van der Waals surface area contributed by atoms with Gasteiger partial charge in [-0.3, -0.25) is 14.3 Å². The van der Waals surface area contributed by atoms with Gasteiger partial charge in [0.25, 0.3) is 5.56 Å². The van der Waals surface area contributed by atoms with Crippen LogP contribution in [0.15, 0.2) is 78.0 Å². The average molecular weight is 513 g/mol. The van der Waals surface area contributed by atoms with Gasteiger partial charge in [0.15, 0.2) is 0 Å². The number of ether oxygens (including phenoxy) is 1. The fourth-order valence-electron chi connectivity index (χ4n) is 3.84. The summed E-state index contributed by atoms with van der Waals surface area (Å²) in [6, 6.07) is 14.1. The Morgan fingerprint density at radius 2 is 1.78 bits per heavy atom. The van der Waals surface area contributed by atoms with Gasteiger partial charge in [-0.2, -0.15) is 22.0 Å². The van der Waals surface area contributed by atoms with Crippen LogP contribution >= 0.6 is 0 Å². The van der Waals surface area contributed by atoms with E-state index in [9.17, 15) is 26.7 Å². The highest BCUT2D eigenvalue weighted by Crippen LogP contribution is 2.28. The Labute approximate surface area is 205 Å². The van der Waals surface area contributed by atoms with Crippen molar-refractivity contribution in [1.82, 2.24) is 19.5 Å². The lowest BCUT2D eigenvalue weighted by Gasteiger charge is -2.14. The first-order chi connectivity index (χ1) is 17.7. The Balaban J connectivity index is 1.70. The van der Waals surface area contributed by atoms with Crippen molar-refractivity contribution in [3.8, 4) is 22.6 Å². The van der Waals surface area contributed by atoms with Crippen LogP contribution in [0.4, 0.5) is 27.9 Å². The molecule has 7 nitrogen and oxygen atoms in total. The van der Waals surface area contributed by atoms with Gasteiger partial charge in [-0.1, -0.05) is 18.2 Å². The lowest BCUT2D eigenvalue weighted by Crippen LogP contribution is -2.23. The molecule has 0 unspecified atom stereocenters. The van der Waals surface area contributed by atoms with Gasteiger partial charge in [-0.25, -0.2) is 9.97 Å². The van der Waals surface area contributed by atoms with Gasteiger partial charge >= 0.3 is 12.8 Å². The van der Waals surface area contributed by atoms with Crippen molar-refractivity contribution >= 4 is 27.8 Å². The zero-order valence-corrected chi connectivity index (χ0v) is 18.7. The summed E-state index contributed by atoms with van der Waals surface area (Å²) in [7, 11) is 0. The van der Waals surface area contributed by atoms with E-state index in [-0.39, 0.29) is 22.8 Å². The van der Waals surface area contributed by atoms with Crippen molar-refractivity contribution < 1.29 is 26.7 Å². The summed E-state index contributed by atoms with van der Waals surface area (Å²) in [6.07, 6.45) is -0.0701. The van der Waals surface area contributed by atoms with Crippen molar-refractivity contribution in [3.05, 3.63) is 83.5 Å². The number of hydrogen-bond acceptors (Lipinski definition) is 6. The van der Waals surface area contributed by atoms with Crippen LogP contribution in [0.25, 0.3) is 38.6 Å². The molecule has 3 aromatic heterocycles. The molecule has 5 rings (SSSR count). The summed E-state index contributed by atoms with van der Waals surface area (Å²) in [4.78, 5) is 26.1. The summed E-state index contributed by atoms with van der Waals surface area (Å²) in [5.74, 6) is -0.443. The number of pyridine rings is 2. The molecule has 0 aliphatic rings. The van der Waals surface area contributed by atoms with E-state index in [0.717, 1.165) is 10.9 Å². The lowest BCUT2D eigenvalue weighted by atomic mass is 10.0. The molecule has 5 aromatic rings. The molecule has 12 heteroatoms. The maximum absolute atomic E-state index is 13.7. The monoisotopic (exact) mass is 513 g/mol. The molecule has 0 saturated carbocycles. The molecular formula is C25H16F5N5O2. The molecule has 0 fully saturated rings. The second-order valence-corrected chi connectivity index (χ2v) is 7.93. The minimum Gasteiger partial charge on any atom is -0.435 e. The summed E-state index contributed by atoms with van der Waals surface area (Å²) in [6.45, 7) is -4.39. The molecule has 0 saturated heterocycles. The summed E-state index contributed by atoms with van der Waals surface area (Å²) in [5, 5.41) is 3.26. The van der Waals surface area contributed by atoms with Gasteiger partial charge in [0.2, 0.25) is 5.95 Å². The van der Waals surface area contributed by atoms with Crippen LogP contribution in [0.1, 0.15) is 0 Å². The Bertz CT molecular complexity index is 1650. The SMILES string of the molecule is O=c1c(-c2ccc(OC(F)F)cc2)c2nc(NCC(F)(F)F)ncc2cn1-c1ccc2ncccc2c1. The highest BCUT2D eigenvalue weighted by molar-refractivity contribution is 5.93. The second-order valence-electron chi connectivity index (χ2n) is 7.93. The fourth-order valence-corrected chi connectivity index (χ4v) is 3.84. The maximum atomic E-state index is 13.7. The number of rotatable bonds is 6. The Morgan fingerprint density at radius 1 is 1.00 bits per heavy atom. The smallest absolute Gasteiger partial charge is 0.405 e. The van der Waals surface area contributed by atoms with Crippen LogP contribution in [0.5, 0.6) is 5.75 Å². The molecule has 1 N–H and O–H groups in total. The van der Waals surface area contributed by atoms with Gasteiger partial charge < -0.3 is 10.1 Å². The topological polar surface area (TPSA) is 81.9 Å². The van der Waals surface area contributed by atoms with Crippen LogP contribution in [0.3, 0.4) is 0 Å². The normalized spacial score (nSPS) is 11.8. The number of halogens is 5. The molecule has 0 atom stereocenters. The number of alkyl halides is 5. The van der Waals surface area contributed by atoms with Crippen LogP contribution in [0.2, 0.25) is 0 Å². The molecule has 37 heavy (non-hydrogen) atoms.